The van der Waals surface area contributed by atoms with Crippen LogP contribution in [0.15, 0.2) is 43.2 Å². The number of carbonyl (C=O) groups excluding carboxylic acids is 1. The lowest BCUT2D eigenvalue weighted by Gasteiger charge is -2.14. The quantitative estimate of drug-likeness (QED) is 0.698. The molecule has 0 aliphatic heterocycles. The Morgan fingerprint density at radius 2 is 2.18 bits per heavy atom. The topological polar surface area (TPSA) is 77.6 Å². The van der Waals surface area contributed by atoms with Crippen molar-refractivity contribution in [1.29, 1.82) is 0 Å². The Hall–Kier alpha value is -2.70. The number of carbonyl (C=O) groups is 1. The lowest BCUT2D eigenvalue weighted by Crippen LogP contribution is -2.31. The molecule has 1 aromatic carbocycles. The Balaban J connectivity index is 1.55. The van der Waals surface area contributed by atoms with Crippen molar-refractivity contribution in [2.45, 2.75) is 25.9 Å². The molecule has 114 valence electrons. The van der Waals surface area contributed by atoms with Gasteiger partial charge in [-0.3, -0.25) is 9.48 Å². The van der Waals surface area contributed by atoms with Gasteiger partial charge in [0.1, 0.15) is 18.7 Å². The van der Waals surface area contributed by atoms with Crippen molar-refractivity contribution in [3.05, 3.63) is 43.2 Å². The SMILES string of the molecule is C[C@H](C(=O)NCCCn1cncn1)n1cnc2ccccc21. The van der Waals surface area contributed by atoms with Crippen LogP contribution in [-0.2, 0) is 11.3 Å². The summed E-state index contributed by atoms with van der Waals surface area (Å²) in [6, 6.07) is 7.50. The van der Waals surface area contributed by atoms with Gasteiger partial charge in [-0.2, -0.15) is 5.10 Å². The summed E-state index contributed by atoms with van der Waals surface area (Å²) in [5, 5.41) is 6.97. The number of para-hydroxylation sites is 2. The predicted octanol–water partition coefficient (Wildman–Crippen LogP) is 1.40. The molecule has 0 spiro atoms. The molecule has 0 aliphatic carbocycles. The minimum atomic E-state index is -0.293. The summed E-state index contributed by atoms with van der Waals surface area (Å²) < 4.78 is 3.64. The first-order valence-electron chi connectivity index (χ1n) is 7.27. The van der Waals surface area contributed by atoms with Crippen molar-refractivity contribution in [1.82, 2.24) is 29.6 Å². The summed E-state index contributed by atoms with van der Waals surface area (Å²) in [7, 11) is 0. The van der Waals surface area contributed by atoms with Gasteiger partial charge in [0, 0.05) is 13.1 Å². The van der Waals surface area contributed by atoms with Crippen molar-refractivity contribution in [3.8, 4) is 0 Å². The van der Waals surface area contributed by atoms with Crippen molar-refractivity contribution in [3.63, 3.8) is 0 Å². The van der Waals surface area contributed by atoms with Crippen LogP contribution < -0.4 is 5.32 Å². The number of fused-ring (bicyclic) bond motifs is 1. The normalized spacial score (nSPS) is 12.4. The fourth-order valence-corrected chi connectivity index (χ4v) is 2.36. The molecule has 0 bridgehead atoms. The van der Waals surface area contributed by atoms with Crippen molar-refractivity contribution in [2.24, 2.45) is 0 Å². The van der Waals surface area contributed by atoms with Crippen molar-refractivity contribution < 1.29 is 4.79 Å². The first kappa shape index (κ1) is 14.2. The van der Waals surface area contributed by atoms with E-state index < -0.39 is 0 Å². The summed E-state index contributed by atoms with van der Waals surface area (Å²) in [5.41, 5.74) is 1.86. The van der Waals surface area contributed by atoms with Gasteiger partial charge in [-0.05, 0) is 25.5 Å². The highest BCUT2D eigenvalue weighted by molar-refractivity contribution is 5.83. The molecule has 0 radical (unpaired) electrons. The molecule has 0 aliphatic rings. The second-order valence-electron chi connectivity index (χ2n) is 5.12. The van der Waals surface area contributed by atoms with E-state index in [1.54, 1.807) is 17.3 Å². The van der Waals surface area contributed by atoms with Crippen molar-refractivity contribution in [2.75, 3.05) is 6.54 Å². The van der Waals surface area contributed by atoms with Gasteiger partial charge < -0.3 is 9.88 Å². The van der Waals surface area contributed by atoms with Gasteiger partial charge in [0.05, 0.1) is 17.4 Å². The van der Waals surface area contributed by atoms with Crippen LogP contribution >= 0.6 is 0 Å². The number of imidazole rings is 1. The van der Waals surface area contributed by atoms with Gasteiger partial charge in [-0.25, -0.2) is 9.97 Å². The zero-order valence-corrected chi connectivity index (χ0v) is 12.4. The highest BCUT2D eigenvalue weighted by Crippen LogP contribution is 2.17. The molecule has 0 saturated heterocycles. The van der Waals surface area contributed by atoms with Gasteiger partial charge in [0.15, 0.2) is 0 Å². The zero-order chi connectivity index (χ0) is 15.4. The fourth-order valence-electron chi connectivity index (χ4n) is 2.36. The third-order valence-corrected chi connectivity index (χ3v) is 3.61. The number of hydrogen-bond donors (Lipinski definition) is 1. The molecule has 7 nitrogen and oxygen atoms in total. The molecular formula is C15H18N6O. The predicted molar refractivity (Wildman–Crippen MR) is 82.1 cm³/mol. The largest absolute Gasteiger partial charge is 0.354 e. The fraction of sp³-hybridized carbons (Fsp3) is 0.333. The Labute approximate surface area is 128 Å². The van der Waals surface area contributed by atoms with Crippen LogP contribution in [0.2, 0.25) is 0 Å². The summed E-state index contributed by atoms with van der Waals surface area (Å²) in [4.78, 5) is 20.4. The van der Waals surface area contributed by atoms with Gasteiger partial charge in [0.2, 0.25) is 5.91 Å². The third kappa shape index (κ3) is 2.98. The maximum absolute atomic E-state index is 12.3. The molecular weight excluding hydrogens is 280 g/mol. The number of amides is 1. The molecule has 22 heavy (non-hydrogen) atoms. The first-order chi connectivity index (χ1) is 10.8. The Bertz CT molecular complexity index is 748. The van der Waals surface area contributed by atoms with Crippen LogP contribution in [0.1, 0.15) is 19.4 Å². The van der Waals surface area contributed by atoms with Crippen molar-refractivity contribution >= 4 is 16.9 Å². The molecule has 1 N–H and O–H groups in total. The molecule has 2 aromatic heterocycles. The number of aryl methyl sites for hydroxylation is 1. The van der Waals surface area contributed by atoms with E-state index >= 15 is 0 Å². The minimum absolute atomic E-state index is 0.0123. The maximum atomic E-state index is 12.3. The van der Waals surface area contributed by atoms with Gasteiger partial charge in [-0.1, -0.05) is 12.1 Å². The monoisotopic (exact) mass is 298 g/mol. The first-order valence-corrected chi connectivity index (χ1v) is 7.27. The molecule has 1 atom stereocenters. The molecule has 2 heterocycles. The smallest absolute Gasteiger partial charge is 0.242 e. The molecule has 3 rings (SSSR count). The van der Waals surface area contributed by atoms with E-state index in [9.17, 15) is 4.79 Å². The Morgan fingerprint density at radius 3 is 3.00 bits per heavy atom. The van der Waals surface area contributed by atoms with E-state index in [0.29, 0.717) is 6.54 Å². The summed E-state index contributed by atoms with van der Waals surface area (Å²) >= 11 is 0. The van der Waals surface area contributed by atoms with Crippen LogP contribution in [-0.4, -0.2) is 36.8 Å². The second kappa shape index (κ2) is 6.38. The maximum Gasteiger partial charge on any atom is 0.242 e. The number of nitrogens with zero attached hydrogens (tertiary/aromatic N) is 5. The van der Waals surface area contributed by atoms with Crippen LogP contribution in [0.5, 0.6) is 0 Å². The average Bonchev–Trinajstić information content (AvgIpc) is 3.20. The zero-order valence-electron chi connectivity index (χ0n) is 12.4. The average molecular weight is 298 g/mol. The van der Waals surface area contributed by atoms with E-state index in [0.717, 1.165) is 24.0 Å². The highest BCUT2D eigenvalue weighted by Gasteiger charge is 2.16. The number of nitrogens with one attached hydrogen (secondary N) is 1. The van der Waals surface area contributed by atoms with E-state index in [4.69, 9.17) is 0 Å². The van der Waals surface area contributed by atoms with Gasteiger partial charge in [-0.15, -0.1) is 0 Å². The molecule has 1 amide bonds. The van der Waals surface area contributed by atoms with Gasteiger partial charge >= 0.3 is 0 Å². The Morgan fingerprint density at radius 1 is 1.32 bits per heavy atom. The molecule has 0 fully saturated rings. The van der Waals surface area contributed by atoms with Crippen LogP contribution in [0.25, 0.3) is 11.0 Å². The standard InChI is InChI=1S/C15H18N6O/c1-12(21-11-18-13-5-2-3-6-14(13)21)15(22)17-7-4-8-20-10-16-9-19-20/h2-3,5-6,9-12H,4,7-8H2,1H3,(H,17,22)/t12-/m1/s1. The van der Waals surface area contributed by atoms with Crippen LogP contribution in [0, 0.1) is 0 Å². The minimum Gasteiger partial charge on any atom is -0.354 e. The summed E-state index contributed by atoms with van der Waals surface area (Å²) in [6.45, 7) is 3.22. The van der Waals surface area contributed by atoms with Crippen LogP contribution in [0.4, 0.5) is 0 Å². The lowest BCUT2D eigenvalue weighted by atomic mass is 10.2. The van der Waals surface area contributed by atoms with E-state index in [-0.39, 0.29) is 11.9 Å². The Kier molecular flexibility index (Phi) is 4.13. The molecule has 7 heteroatoms. The number of aromatic nitrogens is 5. The van der Waals surface area contributed by atoms with Gasteiger partial charge in [0.25, 0.3) is 0 Å². The van der Waals surface area contributed by atoms with E-state index in [2.05, 4.69) is 20.4 Å². The van der Waals surface area contributed by atoms with E-state index in [1.165, 1.54) is 6.33 Å². The number of benzene rings is 1. The molecule has 0 saturated carbocycles. The highest BCUT2D eigenvalue weighted by atomic mass is 16.2. The van der Waals surface area contributed by atoms with Crippen LogP contribution in [0.3, 0.4) is 0 Å². The van der Waals surface area contributed by atoms with E-state index in [1.807, 2.05) is 35.8 Å². The molecule has 3 aromatic rings. The second-order valence-corrected chi connectivity index (χ2v) is 5.12. The summed E-state index contributed by atoms with van der Waals surface area (Å²) in [5.74, 6) is -0.0123. The third-order valence-electron chi connectivity index (χ3n) is 3.61. The summed E-state index contributed by atoms with van der Waals surface area (Å²) in [6.07, 6.45) is 5.70. The number of hydrogen-bond acceptors (Lipinski definition) is 4. The lowest BCUT2D eigenvalue weighted by molar-refractivity contribution is -0.123. The number of rotatable bonds is 6. The molecule has 0 unspecified atom stereocenters.